The number of fused-ring (bicyclic) bond motifs is 1. The van der Waals surface area contributed by atoms with Gasteiger partial charge in [0.05, 0.1) is 6.04 Å². The Balaban J connectivity index is 1.54. The third kappa shape index (κ3) is 5.68. The molecule has 0 spiro atoms. The van der Waals surface area contributed by atoms with Gasteiger partial charge in [0.15, 0.2) is 0 Å². The average Bonchev–Trinajstić information content (AvgIpc) is 3.31. The molecule has 0 N–H and O–H groups in total. The molecular formula is C27H28ClFN2O3S. The zero-order valence-corrected chi connectivity index (χ0v) is 21.5. The van der Waals surface area contributed by atoms with Gasteiger partial charge in [-0.25, -0.2) is 4.39 Å². The number of hydrogen-bond acceptors (Lipinski definition) is 4. The highest BCUT2D eigenvalue weighted by molar-refractivity contribution is 7.10. The summed E-state index contributed by atoms with van der Waals surface area (Å²) < 4.78 is 19.8. The Morgan fingerprint density at radius 3 is 2.74 bits per heavy atom. The lowest BCUT2D eigenvalue weighted by Crippen LogP contribution is -2.49. The van der Waals surface area contributed by atoms with E-state index in [1.807, 2.05) is 44.4 Å². The molecule has 1 aliphatic heterocycles. The topological polar surface area (TPSA) is 49.9 Å². The Morgan fingerprint density at radius 2 is 2.03 bits per heavy atom. The van der Waals surface area contributed by atoms with Crippen LogP contribution in [0.15, 0.2) is 53.9 Å². The molecule has 0 aliphatic carbocycles. The molecule has 184 valence electrons. The first-order valence-corrected chi connectivity index (χ1v) is 12.8. The molecule has 0 unspecified atom stereocenters. The summed E-state index contributed by atoms with van der Waals surface area (Å²) in [5, 5.41) is 2.70. The Labute approximate surface area is 214 Å². The standard InChI is InChI=1S/C27H28ClFN2O3S/c1-17(2)31(27(33)19-5-4-6-20(29)14-19)15-26(32)30-11-9-25-22(10-12-35-25)24(30)16-34-21-7-8-23(28)18(3)13-21/h4-8,10,12-14,17,24H,9,11,15-16H2,1-3H3/t24-/m0/s1. The van der Waals surface area contributed by atoms with Crippen molar-refractivity contribution in [3.05, 3.63) is 86.3 Å². The highest BCUT2D eigenvalue weighted by Crippen LogP contribution is 2.34. The number of nitrogens with zero attached hydrogens (tertiary/aromatic N) is 2. The van der Waals surface area contributed by atoms with Crippen LogP contribution in [0.2, 0.25) is 5.02 Å². The first-order valence-electron chi connectivity index (χ1n) is 11.6. The number of carbonyl (C=O) groups is 2. The molecule has 0 fully saturated rings. The minimum atomic E-state index is -0.485. The maximum Gasteiger partial charge on any atom is 0.254 e. The van der Waals surface area contributed by atoms with Crippen LogP contribution in [0.25, 0.3) is 0 Å². The lowest BCUT2D eigenvalue weighted by Gasteiger charge is -2.37. The molecule has 2 heterocycles. The van der Waals surface area contributed by atoms with Gasteiger partial charge in [-0.05, 0) is 86.2 Å². The van der Waals surface area contributed by atoms with E-state index >= 15 is 0 Å². The van der Waals surface area contributed by atoms with Gasteiger partial charge in [0, 0.05) is 28.0 Å². The van der Waals surface area contributed by atoms with Crippen LogP contribution in [-0.2, 0) is 11.2 Å². The van der Waals surface area contributed by atoms with Gasteiger partial charge in [-0.2, -0.15) is 0 Å². The Bertz CT molecular complexity index is 1230. The Hall–Kier alpha value is -2.90. The summed E-state index contributed by atoms with van der Waals surface area (Å²) in [5.74, 6) is -0.333. The summed E-state index contributed by atoms with van der Waals surface area (Å²) in [7, 11) is 0. The first-order chi connectivity index (χ1) is 16.7. The molecule has 1 aliphatic rings. The maximum atomic E-state index is 13.7. The van der Waals surface area contributed by atoms with Gasteiger partial charge in [-0.15, -0.1) is 11.3 Å². The molecule has 4 rings (SSSR count). The van der Waals surface area contributed by atoms with Crippen LogP contribution in [0.4, 0.5) is 4.39 Å². The van der Waals surface area contributed by atoms with Crippen molar-refractivity contribution in [2.75, 3.05) is 19.7 Å². The van der Waals surface area contributed by atoms with Crippen molar-refractivity contribution in [1.29, 1.82) is 0 Å². The largest absolute Gasteiger partial charge is 0.491 e. The third-order valence-electron chi connectivity index (χ3n) is 6.21. The van der Waals surface area contributed by atoms with Crippen LogP contribution < -0.4 is 4.74 Å². The van der Waals surface area contributed by atoms with Gasteiger partial charge >= 0.3 is 0 Å². The predicted octanol–water partition coefficient (Wildman–Crippen LogP) is 5.90. The minimum absolute atomic E-state index is 0.0942. The fraction of sp³-hybridized carbons (Fsp3) is 0.333. The molecule has 3 aromatic rings. The van der Waals surface area contributed by atoms with Crippen molar-refractivity contribution in [2.24, 2.45) is 0 Å². The lowest BCUT2D eigenvalue weighted by molar-refractivity contribution is -0.136. The number of benzene rings is 2. The number of carbonyl (C=O) groups excluding carboxylic acids is 2. The lowest BCUT2D eigenvalue weighted by atomic mass is 10.00. The molecule has 8 heteroatoms. The number of rotatable bonds is 7. The summed E-state index contributed by atoms with van der Waals surface area (Å²) in [6.45, 7) is 6.35. The number of thiophene rings is 1. The number of ether oxygens (including phenoxy) is 1. The summed E-state index contributed by atoms with van der Waals surface area (Å²) in [5.41, 5.74) is 2.22. The molecule has 0 radical (unpaired) electrons. The first kappa shape index (κ1) is 25.2. The fourth-order valence-corrected chi connectivity index (χ4v) is 5.32. The summed E-state index contributed by atoms with van der Waals surface area (Å²) >= 11 is 7.82. The quantitative estimate of drug-likeness (QED) is 0.394. The van der Waals surface area contributed by atoms with Gasteiger partial charge in [0.1, 0.15) is 24.7 Å². The zero-order chi connectivity index (χ0) is 25.1. The van der Waals surface area contributed by atoms with Crippen LogP contribution in [0.5, 0.6) is 5.75 Å². The second-order valence-corrected chi connectivity index (χ2v) is 10.3. The molecule has 35 heavy (non-hydrogen) atoms. The summed E-state index contributed by atoms with van der Waals surface area (Å²) in [6.07, 6.45) is 0.759. The van der Waals surface area contributed by atoms with Crippen molar-refractivity contribution >= 4 is 34.8 Å². The second-order valence-electron chi connectivity index (χ2n) is 8.91. The minimum Gasteiger partial charge on any atom is -0.491 e. The average molecular weight is 515 g/mol. The summed E-state index contributed by atoms with van der Waals surface area (Å²) in [4.78, 5) is 31.2. The highest BCUT2D eigenvalue weighted by atomic mass is 35.5. The Kier molecular flexibility index (Phi) is 7.77. The van der Waals surface area contributed by atoms with Gasteiger partial charge in [-0.1, -0.05) is 17.7 Å². The predicted molar refractivity (Wildman–Crippen MR) is 137 cm³/mol. The number of aryl methyl sites for hydroxylation is 1. The van der Waals surface area contributed by atoms with E-state index in [0.29, 0.717) is 17.3 Å². The monoisotopic (exact) mass is 514 g/mol. The third-order valence-corrected chi connectivity index (χ3v) is 7.63. The van der Waals surface area contributed by atoms with E-state index in [-0.39, 0.29) is 42.6 Å². The van der Waals surface area contributed by atoms with Crippen molar-refractivity contribution in [2.45, 2.75) is 39.3 Å². The molecule has 2 aromatic carbocycles. The van der Waals surface area contributed by atoms with Crippen molar-refractivity contribution in [1.82, 2.24) is 9.80 Å². The van der Waals surface area contributed by atoms with Gasteiger partial charge in [0.2, 0.25) is 5.91 Å². The van der Waals surface area contributed by atoms with Gasteiger partial charge in [-0.3, -0.25) is 9.59 Å². The molecule has 1 aromatic heterocycles. The van der Waals surface area contributed by atoms with E-state index in [4.69, 9.17) is 16.3 Å². The maximum absolute atomic E-state index is 13.7. The van der Waals surface area contributed by atoms with Crippen molar-refractivity contribution in [3.63, 3.8) is 0 Å². The van der Waals surface area contributed by atoms with E-state index in [2.05, 4.69) is 0 Å². The van der Waals surface area contributed by atoms with E-state index in [9.17, 15) is 14.0 Å². The summed E-state index contributed by atoms with van der Waals surface area (Å²) in [6, 6.07) is 12.6. The highest BCUT2D eigenvalue weighted by Gasteiger charge is 2.34. The Morgan fingerprint density at radius 1 is 1.23 bits per heavy atom. The van der Waals surface area contributed by atoms with E-state index in [0.717, 1.165) is 17.5 Å². The van der Waals surface area contributed by atoms with Crippen LogP contribution >= 0.6 is 22.9 Å². The van der Waals surface area contributed by atoms with Crippen molar-refractivity contribution < 1.29 is 18.7 Å². The zero-order valence-electron chi connectivity index (χ0n) is 20.0. The molecule has 1 atom stereocenters. The molecule has 2 amide bonds. The molecule has 0 saturated carbocycles. The molecule has 0 saturated heterocycles. The number of hydrogen-bond donors (Lipinski definition) is 0. The van der Waals surface area contributed by atoms with Gasteiger partial charge < -0.3 is 14.5 Å². The molecular weight excluding hydrogens is 487 g/mol. The van der Waals surface area contributed by atoms with Crippen LogP contribution in [-0.4, -0.2) is 47.4 Å². The van der Waals surface area contributed by atoms with Crippen LogP contribution in [0.1, 0.15) is 46.3 Å². The van der Waals surface area contributed by atoms with Crippen molar-refractivity contribution in [3.8, 4) is 5.75 Å². The second kappa shape index (κ2) is 10.8. The fourth-order valence-electron chi connectivity index (χ4n) is 4.27. The normalized spacial score (nSPS) is 15.1. The SMILES string of the molecule is Cc1cc(OC[C@H]2c3ccsc3CCN2C(=O)CN(C(=O)c2cccc(F)c2)C(C)C)ccc1Cl. The van der Waals surface area contributed by atoms with E-state index < -0.39 is 5.82 Å². The van der Waals surface area contributed by atoms with Crippen LogP contribution in [0, 0.1) is 12.7 Å². The number of halogens is 2. The van der Waals surface area contributed by atoms with E-state index in [1.54, 1.807) is 28.4 Å². The van der Waals surface area contributed by atoms with Gasteiger partial charge in [0.25, 0.3) is 5.91 Å². The smallest absolute Gasteiger partial charge is 0.254 e. The number of amides is 2. The van der Waals surface area contributed by atoms with Crippen LogP contribution in [0.3, 0.4) is 0 Å². The molecule has 0 bridgehead atoms. The molecule has 5 nitrogen and oxygen atoms in total. The van der Waals surface area contributed by atoms with E-state index in [1.165, 1.54) is 28.0 Å².